The third-order valence-electron chi connectivity index (χ3n) is 4.82. The largest absolute Gasteiger partial charge is 0.465 e. The highest BCUT2D eigenvalue weighted by Gasteiger charge is 2.17. The number of ether oxygens (including phenoxy) is 1. The van der Waals surface area contributed by atoms with Gasteiger partial charge in [-0.15, -0.1) is 0 Å². The quantitative estimate of drug-likeness (QED) is 0.386. The van der Waals surface area contributed by atoms with E-state index in [1.54, 1.807) is 43.0 Å². The Labute approximate surface area is 197 Å². The number of amides is 1. The molecule has 0 aliphatic rings. The number of hydrogen-bond donors (Lipinski definition) is 2. The minimum Gasteiger partial charge on any atom is -0.465 e. The van der Waals surface area contributed by atoms with E-state index in [-0.39, 0.29) is 30.5 Å². The molecule has 2 heterocycles. The number of benzene rings is 1. The number of carbonyl (C=O) groups is 2. The molecule has 0 saturated carbocycles. The maximum Gasteiger partial charge on any atom is 0.325 e. The first-order chi connectivity index (χ1) is 16.1. The molecular weight excluding hydrogens is 462 g/mol. The third-order valence-corrected chi connectivity index (χ3v) is 5.93. The van der Waals surface area contributed by atoms with Crippen molar-refractivity contribution in [3.63, 3.8) is 0 Å². The molecule has 3 aromatic rings. The van der Waals surface area contributed by atoms with Crippen LogP contribution >= 0.6 is 0 Å². The average Bonchev–Trinajstić information content (AvgIpc) is 3.16. The predicted octanol–water partition coefficient (Wildman–Crippen LogP) is 0.494. The van der Waals surface area contributed by atoms with Crippen LogP contribution in [0.1, 0.15) is 12.5 Å². The van der Waals surface area contributed by atoms with Gasteiger partial charge in [-0.25, -0.2) is 8.42 Å². The Balaban J connectivity index is 1.79. The standard InChI is InChI=1S/C21H27N7O5S/c1-5-33-18(30)12-22-17(29)11-23-21-25-19(16-10-24-28(3)20(16)26-21)27(2)13-14-7-6-8-15(9-14)34(4,31)32/h6-10H,5,11-13H2,1-4H3,(H,22,29)(H,23,25,26). The number of fused-ring (bicyclic) bond motifs is 1. The second kappa shape index (κ2) is 10.5. The molecule has 0 radical (unpaired) electrons. The number of nitrogens with one attached hydrogen (secondary N) is 2. The van der Waals surface area contributed by atoms with Crippen molar-refractivity contribution in [3.8, 4) is 0 Å². The number of carbonyl (C=O) groups excluding carboxylic acids is 2. The molecule has 2 aromatic heterocycles. The second-order valence-electron chi connectivity index (χ2n) is 7.59. The Bertz CT molecular complexity index is 1310. The highest BCUT2D eigenvalue weighted by atomic mass is 32.2. The summed E-state index contributed by atoms with van der Waals surface area (Å²) in [6.45, 7) is 1.92. The van der Waals surface area contributed by atoms with Gasteiger partial charge in [-0.1, -0.05) is 12.1 Å². The van der Waals surface area contributed by atoms with E-state index in [0.29, 0.717) is 23.4 Å². The van der Waals surface area contributed by atoms with Crippen molar-refractivity contribution in [2.75, 3.05) is 43.2 Å². The number of sulfone groups is 1. The van der Waals surface area contributed by atoms with Crippen LogP contribution in [0, 0.1) is 0 Å². The summed E-state index contributed by atoms with van der Waals surface area (Å²) in [6.07, 6.45) is 2.81. The van der Waals surface area contributed by atoms with E-state index < -0.39 is 21.7 Å². The number of nitrogens with zero attached hydrogens (tertiary/aromatic N) is 5. The molecule has 0 atom stereocenters. The van der Waals surface area contributed by atoms with Crippen molar-refractivity contribution >= 4 is 44.5 Å². The monoisotopic (exact) mass is 489 g/mol. The lowest BCUT2D eigenvalue weighted by Crippen LogP contribution is -2.35. The SMILES string of the molecule is CCOC(=O)CNC(=O)CNc1nc(N(C)Cc2cccc(S(C)(=O)=O)c2)c2cnn(C)c2n1. The molecule has 1 amide bonds. The van der Waals surface area contributed by atoms with Crippen molar-refractivity contribution in [2.24, 2.45) is 7.05 Å². The van der Waals surface area contributed by atoms with E-state index in [1.165, 1.54) is 6.26 Å². The Morgan fingerprint density at radius 3 is 2.68 bits per heavy atom. The lowest BCUT2D eigenvalue weighted by atomic mass is 10.2. The number of rotatable bonds is 10. The summed E-state index contributed by atoms with van der Waals surface area (Å²) in [7, 11) is 0.231. The zero-order chi connectivity index (χ0) is 24.9. The molecule has 0 bridgehead atoms. The number of anilines is 2. The van der Waals surface area contributed by atoms with Gasteiger partial charge in [0.1, 0.15) is 12.4 Å². The van der Waals surface area contributed by atoms with E-state index in [2.05, 4.69) is 25.7 Å². The molecule has 0 aliphatic heterocycles. The molecule has 0 aliphatic carbocycles. The van der Waals surface area contributed by atoms with Crippen LogP contribution in [-0.2, 0) is 37.8 Å². The summed E-state index contributed by atoms with van der Waals surface area (Å²) in [5.41, 5.74) is 1.34. The van der Waals surface area contributed by atoms with Crippen LogP contribution in [-0.4, -0.2) is 73.0 Å². The van der Waals surface area contributed by atoms with Crippen molar-refractivity contribution in [2.45, 2.75) is 18.4 Å². The average molecular weight is 490 g/mol. The minimum absolute atomic E-state index is 0.150. The highest BCUT2D eigenvalue weighted by Crippen LogP contribution is 2.25. The smallest absolute Gasteiger partial charge is 0.325 e. The Hall–Kier alpha value is -3.74. The van der Waals surface area contributed by atoms with Crippen LogP contribution < -0.4 is 15.5 Å². The van der Waals surface area contributed by atoms with Crippen molar-refractivity contribution in [3.05, 3.63) is 36.0 Å². The first kappa shape index (κ1) is 24.9. The molecule has 12 nitrogen and oxygen atoms in total. The summed E-state index contributed by atoms with van der Waals surface area (Å²) in [6, 6.07) is 6.71. The fourth-order valence-electron chi connectivity index (χ4n) is 3.21. The summed E-state index contributed by atoms with van der Waals surface area (Å²) < 4.78 is 30.2. The first-order valence-electron chi connectivity index (χ1n) is 10.4. The number of hydrogen-bond acceptors (Lipinski definition) is 10. The summed E-state index contributed by atoms with van der Waals surface area (Å²) in [5, 5.41) is 10.3. The van der Waals surface area contributed by atoms with E-state index in [4.69, 9.17) is 4.74 Å². The Morgan fingerprint density at radius 2 is 1.97 bits per heavy atom. The lowest BCUT2D eigenvalue weighted by molar-refractivity contribution is -0.143. The third kappa shape index (κ3) is 6.19. The van der Waals surface area contributed by atoms with Gasteiger partial charge >= 0.3 is 5.97 Å². The van der Waals surface area contributed by atoms with Crippen LogP contribution in [0.2, 0.25) is 0 Å². The van der Waals surface area contributed by atoms with E-state index in [0.717, 1.165) is 5.56 Å². The number of aryl methyl sites for hydroxylation is 1. The van der Waals surface area contributed by atoms with Crippen molar-refractivity contribution in [1.29, 1.82) is 0 Å². The summed E-state index contributed by atoms with van der Waals surface area (Å²) in [4.78, 5) is 34.5. The molecule has 3 rings (SSSR count). The van der Waals surface area contributed by atoms with Crippen LogP contribution in [0.5, 0.6) is 0 Å². The topological polar surface area (TPSA) is 148 Å². The summed E-state index contributed by atoms with van der Waals surface area (Å²) >= 11 is 0. The predicted molar refractivity (Wildman–Crippen MR) is 126 cm³/mol. The lowest BCUT2D eigenvalue weighted by Gasteiger charge is -2.20. The molecule has 0 fully saturated rings. The van der Waals surface area contributed by atoms with Crippen molar-refractivity contribution in [1.82, 2.24) is 25.1 Å². The molecule has 1 aromatic carbocycles. The van der Waals surface area contributed by atoms with Gasteiger partial charge < -0.3 is 20.3 Å². The van der Waals surface area contributed by atoms with Gasteiger partial charge in [-0.05, 0) is 24.6 Å². The fraction of sp³-hybridized carbons (Fsp3) is 0.381. The van der Waals surface area contributed by atoms with Gasteiger partial charge in [0.15, 0.2) is 15.5 Å². The molecule has 13 heteroatoms. The van der Waals surface area contributed by atoms with Gasteiger partial charge in [-0.3, -0.25) is 14.3 Å². The van der Waals surface area contributed by atoms with Crippen LogP contribution in [0.4, 0.5) is 11.8 Å². The molecule has 2 N–H and O–H groups in total. The fourth-order valence-corrected chi connectivity index (χ4v) is 3.90. The highest BCUT2D eigenvalue weighted by molar-refractivity contribution is 7.90. The van der Waals surface area contributed by atoms with E-state index >= 15 is 0 Å². The van der Waals surface area contributed by atoms with Gasteiger partial charge in [0, 0.05) is 26.9 Å². The molecule has 0 unspecified atom stereocenters. The first-order valence-corrected chi connectivity index (χ1v) is 12.3. The van der Waals surface area contributed by atoms with E-state index in [9.17, 15) is 18.0 Å². The van der Waals surface area contributed by atoms with Gasteiger partial charge in [0.25, 0.3) is 0 Å². The Morgan fingerprint density at radius 1 is 1.21 bits per heavy atom. The van der Waals surface area contributed by atoms with Crippen LogP contribution in [0.15, 0.2) is 35.4 Å². The maximum atomic E-state index is 12.1. The summed E-state index contributed by atoms with van der Waals surface area (Å²) in [5.74, 6) is -0.187. The maximum absolute atomic E-state index is 12.1. The van der Waals surface area contributed by atoms with Crippen LogP contribution in [0.3, 0.4) is 0 Å². The Kier molecular flexibility index (Phi) is 7.66. The number of esters is 1. The van der Waals surface area contributed by atoms with Gasteiger partial charge in [0.2, 0.25) is 11.9 Å². The zero-order valence-electron chi connectivity index (χ0n) is 19.4. The molecule has 0 spiro atoms. The second-order valence-corrected chi connectivity index (χ2v) is 9.60. The number of aromatic nitrogens is 4. The normalized spacial score (nSPS) is 11.3. The molecule has 34 heavy (non-hydrogen) atoms. The zero-order valence-corrected chi connectivity index (χ0v) is 20.2. The van der Waals surface area contributed by atoms with Gasteiger partial charge in [-0.2, -0.15) is 15.1 Å². The van der Waals surface area contributed by atoms with Crippen molar-refractivity contribution < 1.29 is 22.7 Å². The van der Waals surface area contributed by atoms with Crippen LogP contribution in [0.25, 0.3) is 11.0 Å². The minimum atomic E-state index is -3.33. The molecular formula is C21H27N7O5S. The van der Waals surface area contributed by atoms with Gasteiger partial charge in [0.05, 0.1) is 29.6 Å². The molecule has 182 valence electrons. The van der Waals surface area contributed by atoms with E-state index in [1.807, 2.05) is 18.0 Å². The molecule has 0 saturated heterocycles.